The van der Waals surface area contributed by atoms with Crippen LogP contribution in [0.4, 0.5) is 0 Å². The zero-order valence-corrected chi connectivity index (χ0v) is 19.2. The summed E-state index contributed by atoms with van der Waals surface area (Å²) in [4.78, 5) is 27.1. The van der Waals surface area contributed by atoms with E-state index in [1.807, 2.05) is 23.1 Å². The molecule has 1 N–H and O–H groups in total. The fraction of sp³-hybridized carbons (Fsp3) is 0.407. The number of benzene rings is 2. The van der Waals surface area contributed by atoms with Gasteiger partial charge in [0.15, 0.2) is 11.5 Å². The van der Waals surface area contributed by atoms with E-state index >= 15 is 0 Å². The van der Waals surface area contributed by atoms with E-state index < -0.39 is 0 Å². The molecule has 1 saturated carbocycles. The van der Waals surface area contributed by atoms with Crippen molar-refractivity contribution in [2.75, 3.05) is 26.8 Å². The number of rotatable bonds is 3. The van der Waals surface area contributed by atoms with Crippen LogP contribution in [0.1, 0.15) is 65.7 Å². The van der Waals surface area contributed by atoms with Crippen molar-refractivity contribution in [2.45, 2.75) is 44.1 Å². The van der Waals surface area contributed by atoms with Crippen LogP contribution in [0.15, 0.2) is 42.5 Å². The Hall–Kier alpha value is -3.28. The normalized spacial score (nSPS) is 20.7. The maximum Gasteiger partial charge on any atom is 0.251 e. The lowest BCUT2D eigenvalue weighted by Crippen LogP contribution is -2.48. The molecular weight excluding hydrogens is 416 g/mol. The molecule has 0 bridgehead atoms. The predicted octanol–water partition coefficient (Wildman–Crippen LogP) is 4.25. The van der Waals surface area contributed by atoms with Crippen LogP contribution >= 0.6 is 0 Å². The monoisotopic (exact) mass is 446 g/mol. The van der Waals surface area contributed by atoms with Gasteiger partial charge in [0.1, 0.15) is 13.2 Å². The molecule has 1 aliphatic carbocycles. The lowest BCUT2D eigenvalue weighted by Gasteiger charge is -2.46. The third-order valence-electron chi connectivity index (χ3n) is 7.34. The van der Waals surface area contributed by atoms with E-state index in [1.54, 1.807) is 25.3 Å². The highest BCUT2D eigenvalue weighted by Crippen LogP contribution is 2.51. The molecule has 172 valence electrons. The number of hydrogen-bond donors (Lipinski definition) is 1. The van der Waals surface area contributed by atoms with E-state index in [-0.39, 0.29) is 23.3 Å². The van der Waals surface area contributed by atoms with Crippen LogP contribution in [0.2, 0.25) is 0 Å². The van der Waals surface area contributed by atoms with Gasteiger partial charge in [0, 0.05) is 30.6 Å². The van der Waals surface area contributed by atoms with Crippen molar-refractivity contribution in [3.05, 3.63) is 64.7 Å². The van der Waals surface area contributed by atoms with Crippen molar-refractivity contribution in [3.63, 3.8) is 0 Å². The summed E-state index contributed by atoms with van der Waals surface area (Å²) in [5.41, 5.74) is 3.96. The van der Waals surface area contributed by atoms with Gasteiger partial charge in [-0.25, -0.2) is 0 Å². The molecule has 2 amide bonds. The molecule has 3 aliphatic rings. The minimum Gasteiger partial charge on any atom is -0.486 e. The standard InChI is InChI=1S/C27H30N2O4/c1-18-21-15-23-24(33-14-13-32-23)16-22(21)27(11-3-4-12-27)17-29(18)25(30)10-7-19-5-8-20(9-6-19)26(31)28-2/h5-10,15-16,18H,3-4,11-14,17H2,1-2H3,(H,28,31)/b10-7+. The van der Waals surface area contributed by atoms with Crippen LogP contribution in [0.5, 0.6) is 11.5 Å². The molecule has 1 spiro atoms. The van der Waals surface area contributed by atoms with Gasteiger partial charge in [0.25, 0.3) is 5.91 Å². The maximum atomic E-state index is 13.4. The Morgan fingerprint density at radius 1 is 1.06 bits per heavy atom. The van der Waals surface area contributed by atoms with Crippen LogP contribution in [0, 0.1) is 0 Å². The molecule has 6 nitrogen and oxygen atoms in total. The van der Waals surface area contributed by atoms with Crippen molar-refractivity contribution in [2.24, 2.45) is 0 Å². The van der Waals surface area contributed by atoms with Crippen LogP contribution in [0.25, 0.3) is 6.08 Å². The number of carbonyl (C=O) groups excluding carboxylic acids is 2. The van der Waals surface area contributed by atoms with Gasteiger partial charge in [-0.05, 0) is 66.8 Å². The largest absolute Gasteiger partial charge is 0.486 e. The summed E-state index contributed by atoms with van der Waals surface area (Å²) < 4.78 is 11.7. The van der Waals surface area contributed by atoms with Gasteiger partial charge in [-0.3, -0.25) is 9.59 Å². The Labute approximate surface area is 194 Å². The summed E-state index contributed by atoms with van der Waals surface area (Å²) in [7, 11) is 1.61. The minimum absolute atomic E-state index is 0.00434. The lowest BCUT2D eigenvalue weighted by atomic mass is 9.71. The first-order valence-electron chi connectivity index (χ1n) is 11.8. The highest BCUT2D eigenvalue weighted by Gasteiger charge is 2.46. The van der Waals surface area contributed by atoms with E-state index in [0.29, 0.717) is 18.8 Å². The molecule has 2 aliphatic heterocycles. The topological polar surface area (TPSA) is 67.9 Å². The smallest absolute Gasteiger partial charge is 0.251 e. The van der Waals surface area contributed by atoms with Gasteiger partial charge in [-0.15, -0.1) is 0 Å². The number of nitrogens with one attached hydrogen (secondary N) is 1. The van der Waals surface area contributed by atoms with E-state index in [2.05, 4.69) is 24.4 Å². The Bertz CT molecular complexity index is 1100. The van der Waals surface area contributed by atoms with Crippen LogP contribution in [-0.4, -0.2) is 43.5 Å². The second kappa shape index (κ2) is 8.58. The first-order chi connectivity index (χ1) is 16.0. The Balaban J connectivity index is 1.42. The van der Waals surface area contributed by atoms with E-state index in [0.717, 1.165) is 36.4 Å². The van der Waals surface area contributed by atoms with Gasteiger partial charge >= 0.3 is 0 Å². The molecule has 2 heterocycles. The van der Waals surface area contributed by atoms with Crippen molar-refractivity contribution >= 4 is 17.9 Å². The first-order valence-corrected chi connectivity index (χ1v) is 11.8. The number of hydrogen-bond acceptors (Lipinski definition) is 4. The van der Waals surface area contributed by atoms with E-state index in [9.17, 15) is 9.59 Å². The molecule has 1 fully saturated rings. The summed E-state index contributed by atoms with van der Waals surface area (Å²) >= 11 is 0. The summed E-state index contributed by atoms with van der Waals surface area (Å²) in [6.07, 6.45) is 8.00. The Morgan fingerprint density at radius 2 is 1.73 bits per heavy atom. The predicted molar refractivity (Wildman–Crippen MR) is 127 cm³/mol. The highest BCUT2D eigenvalue weighted by atomic mass is 16.6. The molecule has 5 rings (SSSR count). The number of carbonyl (C=O) groups is 2. The lowest BCUT2D eigenvalue weighted by molar-refractivity contribution is -0.129. The summed E-state index contributed by atoms with van der Waals surface area (Å²) in [5, 5.41) is 2.62. The molecule has 1 atom stereocenters. The second-order valence-electron chi connectivity index (χ2n) is 9.25. The van der Waals surface area contributed by atoms with E-state index in [4.69, 9.17) is 9.47 Å². The van der Waals surface area contributed by atoms with Gasteiger partial charge < -0.3 is 19.7 Å². The van der Waals surface area contributed by atoms with Crippen molar-refractivity contribution in [1.29, 1.82) is 0 Å². The SMILES string of the molecule is CNC(=O)c1ccc(/C=C/C(=O)N2CC3(CCCC3)c3cc4c(cc3C2C)OCCO4)cc1. The quantitative estimate of drug-likeness (QED) is 0.716. The minimum atomic E-state index is -0.124. The van der Waals surface area contributed by atoms with Gasteiger partial charge in [-0.2, -0.15) is 0 Å². The van der Waals surface area contributed by atoms with Crippen LogP contribution < -0.4 is 14.8 Å². The molecular formula is C27H30N2O4. The first kappa shape index (κ1) is 21.6. The zero-order chi connectivity index (χ0) is 23.0. The second-order valence-corrected chi connectivity index (χ2v) is 9.25. The molecule has 6 heteroatoms. The molecule has 33 heavy (non-hydrogen) atoms. The average Bonchev–Trinajstić information content (AvgIpc) is 3.33. The summed E-state index contributed by atoms with van der Waals surface area (Å²) in [5.74, 6) is 1.49. The summed E-state index contributed by atoms with van der Waals surface area (Å²) in [6.45, 7) is 3.95. The highest BCUT2D eigenvalue weighted by molar-refractivity contribution is 5.95. The van der Waals surface area contributed by atoms with Crippen molar-refractivity contribution in [3.8, 4) is 11.5 Å². The average molecular weight is 447 g/mol. The van der Waals surface area contributed by atoms with Gasteiger partial charge in [-0.1, -0.05) is 25.0 Å². The van der Waals surface area contributed by atoms with Gasteiger partial charge in [0.05, 0.1) is 6.04 Å². The number of ether oxygens (including phenoxy) is 2. The number of fused-ring (bicyclic) bond motifs is 3. The summed E-state index contributed by atoms with van der Waals surface area (Å²) in [6, 6.07) is 11.5. The van der Waals surface area contributed by atoms with E-state index in [1.165, 1.54) is 24.0 Å². The van der Waals surface area contributed by atoms with Gasteiger partial charge in [0.2, 0.25) is 5.91 Å². The number of amides is 2. The maximum absolute atomic E-state index is 13.4. The third kappa shape index (κ3) is 3.88. The van der Waals surface area contributed by atoms with Crippen molar-refractivity contribution in [1.82, 2.24) is 10.2 Å². The Kier molecular flexibility index (Phi) is 5.60. The third-order valence-corrected chi connectivity index (χ3v) is 7.34. The molecule has 0 radical (unpaired) electrons. The Morgan fingerprint density at radius 3 is 2.39 bits per heavy atom. The molecule has 2 aromatic rings. The fourth-order valence-electron chi connectivity index (χ4n) is 5.53. The van der Waals surface area contributed by atoms with Crippen molar-refractivity contribution < 1.29 is 19.1 Å². The fourth-order valence-corrected chi connectivity index (χ4v) is 5.53. The molecule has 2 aromatic carbocycles. The number of nitrogens with zero attached hydrogens (tertiary/aromatic N) is 1. The molecule has 1 unspecified atom stereocenters. The zero-order valence-electron chi connectivity index (χ0n) is 19.2. The molecule has 0 saturated heterocycles. The van der Waals surface area contributed by atoms with Crippen LogP contribution in [0.3, 0.4) is 0 Å². The molecule has 0 aromatic heterocycles. The van der Waals surface area contributed by atoms with Crippen LogP contribution in [-0.2, 0) is 10.2 Å².